The van der Waals surface area contributed by atoms with Crippen LogP contribution < -0.4 is 10.1 Å². The molecular formula is C22H25N3O4. The van der Waals surface area contributed by atoms with Crippen LogP contribution in [0.2, 0.25) is 0 Å². The molecule has 7 heteroatoms. The third-order valence-electron chi connectivity index (χ3n) is 4.65. The minimum absolute atomic E-state index is 0.177. The molecule has 0 bridgehead atoms. The Hall–Kier alpha value is -3.35. The Labute approximate surface area is 170 Å². The topological polar surface area (TPSA) is 79.0 Å². The number of carbonyl (C=O) groups is 3. The quantitative estimate of drug-likeness (QED) is 0.729. The number of nitrogens with zero attached hydrogens (tertiary/aromatic N) is 2. The maximum Gasteiger partial charge on any atom is 0.312 e. The second-order valence-electron chi connectivity index (χ2n) is 6.92. The van der Waals surface area contributed by atoms with E-state index in [0.29, 0.717) is 37.7 Å². The fourth-order valence-corrected chi connectivity index (χ4v) is 3.26. The van der Waals surface area contributed by atoms with E-state index in [0.717, 1.165) is 11.1 Å². The summed E-state index contributed by atoms with van der Waals surface area (Å²) in [6, 6.07) is 14.9. The van der Waals surface area contributed by atoms with Crippen molar-refractivity contribution in [1.29, 1.82) is 0 Å². The molecule has 7 nitrogen and oxygen atoms in total. The van der Waals surface area contributed by atoms with Crippen molar-refractivity contribution in [3.8, 4) is 5.75 Å². The van der Waals surface area contributed by atoms with Crippen LogP contribution in [0, 0.1) is 6.92 Å². The van der Waals surface area contributed by atoms with Crippen molar-refractivity contribution in [1.82, 2.24) is 9.80 Å². The molecule has 0 aromatic heterocycles. The second kappa shape index (κ2) is 9.23. The van der Waals surface area contributed by atoms with Gasteiger partial charge in [-0.2, -0.15) is 0 Å². The molecule has 0 unspecified atom stereocenters. The molecule has 1 aliphatic heterocycles. The standard InChI is InChI=1S/C22H25N3O4/c1-3-29-19-10-5-4-9-18(19)23-20(26)15-25-12-11-24(21(27)22(25)28)14-17-8-6-7-16(2)13-17/h4-10,13H,3,11-12,14-15H2,1-2H3,(H,23,26). The Morgan fingerprint density at radius 2 is 1.76 bits per heavy atom. The molecule has 1 saturated heterocycles. The lowest BCUT2D eigenvalue weighted by Crippen LogP contribution is -2.55. The summed E-state index contributed by atoms with van der Waals surface area (Å²) in [5.74, 6) is -1.04. The van der Waals surface area contributed by atoms with Crippen molar-refractivity contribution in [3.05, 3.63) is 59.7 Å². The van der Waals surface area contributed by atoms with E-state index < -0.39 is 11.8 Å². The minimum Gasteiger partial charge on any atom is -0.492 e. The van der Waals surface area contributed by atoms with Gasteiger partial charge in [-0.05, 0) is 31.5 Å². The van der Waals surface area contributed by atoms with Gasteiger partial charge in [0, 0.05) is 19.6 Å². The molecule has 1 aliphatic rings. The highest BCUT2D eigenvalue weighted by atomic mass is 16.5. The van der Waals surface area contributed by atoms with Gasteiger partial charge in [-0.25, -0.2) is 0 Å². The number of hydrogen-bond acceptors (Lipinski definition) is 4. The Balaban J connectivity index is 1.58. The number of benzene rings is 2. The van der Waals surface area contributed by atoms with Crippen LogP contribution in [0.25, 0.3) is 0 Å². The van der Waals surface area contributed by atoms with Crippen molar-refractivity contribution in [2.45, 2.75) is 20.4 Å². The summed E-state index contributed by atoms with van der Waals surface area (Å²) in [7, 11) is 0. The van der Waals surface area contributed by atoms with Gasteiger partial charge in [0.2, 0.25) is 5.91 Å². The molecular weight excluding hydrogens is 370 g/mol. The van der Waals surface area contributed by atoms with Crippen LogP contribution in [0.15, 0.2) is 48.5 Å². The molecule has 1 fully saturated rings. The zero-order valence-electron chi connectivity index (χ0n) is 16.7. The van der Waals surface area contributed by atoms with Crippen LogP contribution >= 0.6 is 0 Å². The van der Waals surface area contributed by atoms with Gasteiger partial charge >= 0.3 is 11.8 Å². The lowest BCUT2D eigenvalue weighted by Gasteiger charge is -2.33. The Kier molecular flexibility index (Phi) is 6.49. The summed E-state index contributed by atoms with van der Waals surface area (Å²) in [4.78, 5) is 40.2. The van der Waals surface area contributed by atoms with Crippen molar-refractivity contribution >= 4 is 23.4 Å². The fraction of sp³-hybridized carbons (Fsp3) is 0.318. The van der Waals surface area contributed by atoms with Crippen LogP contribution in [-0.4, -0.2) is 53.8 Å². The summed E-state index contributed by atoms with van der Waals surface area (Å²) >= 11 is 0. The van der Waals surface area contributed by atoms with E-state index in [4.69, 9.17) is 4.74 Å². The maximum atomic E-state index is 12.5. The van der Waals surface area contributed by atoms with Crippen LogP contribution in [0.5, 0.6) is 5.75 Å². The monoisotopic (exact) mass is 395 g/mol. The van der Waals surface area contributed by atoms with Gasteiger partial charge in [-0.15, -0.1) is 0 Å². The first-order chi connectivity index (χ1) is 14.0. The normalized spacial score (nSPS) is 14.1. The average Bonchev–Trinajstić information content (AvgIpc) is 2.69. The van der Waals surface area contributed by atoms with E-state index in [1.807, 2.05) is 44.2 Å². The average molecular weight is 395 g/mol. The minimum atomic E-state index is -0.655. The first-order valence-electron chi connectivity index (χ1n) is 9.63. The van der Waals surface area contributed by atoms with E-state index in [-0.39, 0.29) is 12.5 Å². The third-order valence-corrected chi connectivity index (χ3v) is 4.65. The molecule has 0 spiro atoms. The van der Waals surface area contributed by atoms with Crippen molar-refractivity contribution in [3.63, 3.8) is 0 Å². The number of aryl methyl sites for hydroxylation is 1. The third kappa shape index (κ3) is 5.13. The van der Waals surface area contributed by atoms with Gasteiger partial charge in [0.1, 0.15) is 12.3 Å². The number of nitrogens with one attached hydrogen (secondary N) is 1. The molecule has 0 aliphatic carbocycles. The predicted octanol–water partition coefficient (Wildman–Crippen LogP) is 2.20. The van der Waals surface area contributed by atoms with Gasteiger partial charge < -0.3 is 19.9 Å². The SMILES string of the molecule is CCOc1ccccc1NC(=O)CN1CCN(Cc2cccc(C)c2)C(=O)C1=O. The van der Waals surface area contributed by atoms with E-state index in [1.54, 1.807) is 18.2 Å². The Morgan fingerprint density at radius 3 is 2.52 bits per heavy atom. The fourth-order valence-electron chi connectivity index (χ4n) is 3.26. The van der Waals surface area contributed by atoms with E-state index >= 15 is 0 Å². The molecule has 0 radical (unpaired) electrons. The number of anilines is 1. The number of ether oxygens (including phenoxy) is 1. The molecule has 152 valence electrons. The van der Waals surface area contributed by atoms with Crippen LogP contribution in [0.3, 0.4) is 0 Å². The van der Waals surface area contributed by atoms with Gasteiger partial charge in [0.15, 0.2) is 0 Å². The summed E-state index contributed by atoms with van der Waals surface area (Å²) < 4.78 is 5.49. The predicted molar refractivity (Wildman–Crippen MR) is 109 cm³/mol. The van der Waals surface area contributed by atoms with Crippen LogP contribution in [0.1, 0.15) is 18.1 Å². The molecule has 3 rings (SSSR count). The van der Waals surface area contributed by atoms with Gasteiger partial charge in [-0.1, -0.05) is 42.0 Å². The largest absolute Gasteiger partial charge is 0.492 e. The number of piperazine rings is 1. The highest BCUT2D eigenvalue weighted by molar-refractivity contribution is 6.35. The van der Waals surface area contributed by atoms with Gasteiger partial charge in [0.25, 0.3) is 0 Å². The van der Waals surface area contributed by atoms with Gasteiger partial charge in [0.05, 0.1) is 12.3 Å². The first kappa shape index (κ1) is 20.4. The summed E-state index contributed by atoms with van der Waals surface area (Å²) in [6.07, 6.45) is 0. The highest BCUT2D eigenvalue weighted by Crippen LogP contribution is 2.23. The van der Waals surface area contributed by atoms with Crippen molar-refractivity contribution in [2.24, 2.45) is 0 Å². The molecule has 3 amide bonds. The van der Waals surface area contributed by atoms with E-state index in [9.17, 15) is 14.4 Å². The number of hydrogen-bond donors (Lipinski definition) is 1. The van der Waals surface area contributed by atoms with Gasteiger partial charge in [-0.3, -0.25) is 14.4 Å². The highest BCUT2D eigenvalue weighted by Gasteiger charge is 2.33. The summed E-state index contributed by atoms with van der Waals surface area (Å²) in [6.45, 7) is 5.23. The maximum absolute atomic E-state index is 12.5. The molecule has 0 atom stereocenters. The molecule has 2 aromatic rings. The summed E-state index contributed by atoms with van der Waals surface area (Å²) in [5.41, 5.74) is 2.62. The van der Waals surface area contributed by atoms with E-state index in [2.05, 4.69) is 5.32 Å². The molecule has 0 saturated carbocycles. The van der Waals surface area contributed by atoms with Crippen molar-refractivity contribution in [2.75, 3.05) is 31.6 Å². The smallest absolute Gasteiger partial charge is 0.312 e. The number of rotatable bonds is 7. The zero-order valence-corrected chi connectivity index (χ0v) is 16.7. The summed E-state index contributed by atoms with van der Waals surface area (Å²) in [5, 5.41) is 2.75. The molecule has 29 heavy (non-hydrogen) atoms. The lowest BCUT2D eigenvalue weighted by atomic mass is 10.1. The van der Waals surface area contributed by atoms with Crippen LogP contribution in [0.4, 0.5) is 5.69 Å². The molecule has 2 aromatic carbocycles. The Bertz CT molecular complexity index is 912. The molecule has 1 heterocycles. The number of carbonyl (C=O) groups excluding carboxylic acids is 3. The number of para-hydroxylation sites is 2. The second-order valence-corrected chi connectivity index (χ2v) is 6.92. The Morgan fingerprint density at radius 1 is 1.03 bits per heavy atom. The van der Waals surface area contributed by atoms with Crippen LogP contribution in [-0.2, 0) is 20.9 Å². The lowest BCUT2D eigenvalue weighted by molar-refractivity contribution is -0.157. The number of amides is 3. The molecule has 1 N–H and O–H groups in total. The van der Waals surface area contributed by atoms with E-state index in [1.165, 1.54) is 9.80 Å². The first-order valence-corrected chi connectivity index (χ1v) is 9.63. The zero-order chi connectivity index (χ0) is 20.8. The van der Waals surface area contributed by atoms with Crippen molar-refractivity contribution < 1.29 is 19.1 Å².